The molecule has 1 saturated heterocycles. The maximum Gasteiger partial charge on any atom is 0.321 e. The van der Waals surface area contributed by atoms with Gasteiger partial charge in [0.15, 0.2) is 0 Å². The second kappa shape index (κ2) is 8.49. The van der Waals surface area contributed by atoms with Gasteiger partial charge in [-0.15, -0.1) is 0 Å². The van der Waals surface area contributed by atoms with Crippen LogP contribution in [0, 0.1) is 6.92 Å². The van der Waals surface area contributed by atoms with Crippen molar-refractivity contribution in [2.24, 2.45) is 0 Å². The van der Waals surface area contributed by atoms with Gasteiger partial charge in [0.2, 0.25) is 0 Å². The van der Waals surface area contributed by atoms with Crippen LogP contribution in [0.15, 0.2) is 48.9 Å². The van der Waals surface area contributed by atoms with E-state index in [1.54, 1.807) is 47.0 Å². The molecule has 2 amide bonds. The van der Waals surface area contributed by atoms with E-state index < -0.39 is 0 Å². The van der Waals surface area contributed by atoms with E-state index in [1.807, 2.05) is 37.4 Å². The number of likely N-dealkylation sites (tertiary alicyclic amines) is 1. The molecular formula is C25H23ClN8O2. The highest BCUT2D eigenvalue weighted by atomic mass is 35.5. The molecule has 11 heteroatoms. The van der Waals surface area contributed by atoms with E-state index in [-0.39, 0.29) is 12.2 Å². The van der Waals surface area contributed by atoms with E-state index >= 15 is 0 Å². The zero-order chi connectivity index (χ0) is 25.0. The van der Waals surface area contributed by atoms with E-state index in [4.69, 9.17) is 21.3 Å². The molecule has 182 valence electrons. The molecule has 1 aliphatic heterocycles. The Hall–Kier alpha value is -4.18. The van der Waals surface area contributed by atoms with Crippen LogP contribution in [-0.2, 0) is 0 Å². The molecule has 0 radical (unpaired) electrons. The zero-order valence-corrected chi connectivity index (χ0v) is 20.7. The third-order valence-corrected chi connectivity index (χ3v) is 6.60. The lowest BCUT2D eigenvalue weighted by Gasteiger charge is -2.41. The molecular weight excluding hydrogens is 480 g/mol. The molecule has 5 aromatic rings. The number of amides is 2. The Kier molecular flexibility index (Phi) is 5.26. The molecule has 36 heavy (non-hydrogen) atoms. The van der Waals surface area contributed by atoms with E-state index in [2.05, 4.69) is 20.1 Å². The van der Waals surface area contributed by atoms with Gasteiger partial charge in [0.1, 0.15) is 34.0 Å². The quantitative estimate of drug-likeness (QED) is 0.370. The van der Waals surface area contributed by atoms with Gasteiger partial charge in [-0.3, -0.25) is 4.98 Å². The van der Waals surface area contributed by atoms with Crippen LogP contribution in [0.1, 0.15) is 18.4 Å². The maximum atomic E-state index is 12.4. The minimum Gasteiger partial charge on any atom is -0.456 e. The molecule has 1 N–H and O–H groups in total. The number of urea groups is 1. The molecule has 2 aromatic carbocycles. The Morgan fingerprint density at radius 3 is 2.78 bits per heavy atom. The van der Waals surface area contributed by atoms with Gasteiger partial charge in [-0.2, -0.15) is 5.10 Å². The summed E-state index contributed by atoms with van der Waals surface area (Å²) >= 11 is 6.73. The van der Waals surface area contributed by atoms with E-state index in [1.165, 1.54) is 0 Å². The summed E-state index contributed by atoms with van der Waals surface area (Å²) in [6.07, 6.45) is 6.04. The number of aromatic amines is 1. The summed E-state index contributed by atoms with van der Waals surface area (Å²) in [6, 6.07) is 9.21. The molecule has 1 unspecified atom stereocenters. The van der Waals surface area contributed by atoms with Crippen molar-refractivity contribution in [3.05, 3.63) is 59.8 Å². The van der Waals surface area contributed by atoms with Gasteiger partial charge in [0.25, 0.3) is 0 Å². The second-order valence-corrected chi connectivity index (χ2v) is 9.33. The number of carbonyl (C=O) groups is 1. The fourth-order valence-corrected chi connectivity index (χ4v) is 4.55. The zero-order valence-electron chi connectivity index (χ0n) is 19.9. The first-order valence-electron chi connectivity index (χ1n) is 11.5. The van der Waals surface area contributed by atoms with Crippen molar-refractivity contribution in [2.75, 3.05) is 20.6 Å². The summed E-state index contributed by atoms with van der Waals surface area (Å²) in [6.45, 7) is 2.62. The van der Waals surface area contributed by atoms with Gasteiger partial charge < -0.3 is 19.5 Å². The van der Waals surface area contributed by atoms with E-state index in [0.717, 1.165) is 28.8 Å². The standard InChI is InChI=1S/C25H23ClN8O2/c1-14-29-17-5-4-16(10-19(17)30-14)36-21-7-6-18-24(23(21)26)31-20(12-27-18)15-11-28-34(13-15)22-8-9-33(22)25(35)32(2)3/h4-7,10-13,22H,8-9H2,1-3H3,(H,29,30). The summed E-state index contributed by atoms with van der Waals surface area (Å²) in [5, 5.41) is 4.85. The summed E-state index contributed by atoms with van der Waals surface area (Å²) < 4.78 is 7.88. The SMILES string of the molecule is Cc1nc2ccc(Oc3ccc4ncc(-c5cnn(C6CCN6C(=O)N(C)C)c5)nc4c3Cl)cc2[nH]1. The van der Waals surface area contributed by atoms with Crippen LogP contribution in [0.3, 0.4) is 0 Å². The Morgan fingerprint density at radius 2 is 2.00 bits per heavy atom. The Bertz CT molecular complexity index is 1630. The molecule has 0 saturated carbocycles. The van der Waals surface area contributed by atoms with Crippen LogP contribution >= 0.6 is 11.6 Å². The number of ether oxygens (including phenoxy) is 1. The minimum absolute atomic E-state index is 0.0325. The Balaban J connectivity index is 1.29. The Labute approximate surface area is 211 Å². The number of fused-ring (bicyclic) bond motifs is 2. The van der Waals surface area contributed by atoms with Crippen molar-refractivity contribution >= 4 is 39.7 Å². The average molecular weight is 503 g/mol. The molecule has 6 rings (SSSR count). The maximum absolute atomic E-state index is 12.4. The molecule has 1 aliphatic rings. The number of aryl methyl sites for hydroxylation is 1. The highest BCUT2D eigenvalue weighted by molar-refractivity contribution is 6.36. The fraction of sp³-hybridized carbons (Fsp3) is 0.240. The number of nitrogens with one attached hydrogen (secondary N) is 1. The van der Waals surface area contributed by atoms with Crippen LogP contribution in [0.25, 0.3) is 33.3 Å². The van der Waals surface area contributed by atoms with Crippen LogP contribution in [-0.4, -0.2) is 66.2 Å². The molecule has 4 heterocycles. The smallest absolute Gasteiger partial charge is 0.321 e. The highest BCUT2D eigenvalue weighted by Gasteiger charge is 2.35. The lowest BCUT2D eigenvalue weighted by Crippen LogP contribution is -2.51. The van der Waals surface area contributed by atoms with E-state index in [9.17, 15) is 4.79 Å². The number of aromatic nitrogens is 6. The van der Waals surface area contributed by atoms with Gasteiger partial charge in [0.05, 0.1) is 34.6 Å². The largest absolute Gasteiger partial charge is 0.456 e. The van der Waals surface area contributed by atoms with Crippen molar-refractivity contribution in [3.63, 3.8) is 0 Å². The topological polar surface area (TPSA) is 105 Å². The van der Waals surface area contributed by atoms with Crippen LogP contribution in [0.2, 0.25) is 5.02 Å². The van der Waals surface area contributed by atoms with Gasteiger partial charge >= 0.3 is 6.03 Å². The number of imidazole rings is 1. The molecule has 0 aliphatic carbocycles. The third kappa shape index (κ3) is 3.79. The summed E-state index contributed by atoms with van der Waals surface area (Å²) in [4.78, 5) is 32.6. The lowest BCUT2D eigenvalue weighted by molar-refractivity contribution is 0.0478. The molecule has 0 spiro atoms. The van der Waals surface area contributed by atoms with Crippen LogP contribution < -0.4 is 4.74 Å². The van der Waals surface area contributed by atoms with Gasteiger partial charge in [-0.25, -0.2) is 19.4 Å². The number of hydrogen-bond acceptors (Lipinski definition) is 6. The number of halogens is 1. The predicted octanol–water partition coefficient (Wildman–Crippen LogP) is 5.01. The first kappa shape index (κ1) is 22.3. The summed E-state index contributed by atoms with van der Waals surface area (Å²) in [5.41, 5.74) is 4.37. The number of hydrogen-bond donors (Lipinski definition) is 1. The normalized spacial score (nSPS) is 15.3. The molecule has 1 atom stereocenters. The summed E-state index contributed by atoms with van der Waals surface area (Å²) in [5.74, 6) is 1.95. The highest BCUT2D eigenvalue weighted by Crippen LogP contribution is 2.36. The summed E-state index contributed by atoms with van der Waals surface area (Å²) in [7, 11) is 3.49. The van der Waals surface area contributed by atoms with Gasteiger partial charge in [-0.1, -0.05) is 11.6 Å². The molecule has 3 aromatic heterocycles. The van der Waals surface area contributed by atoms with Crippen LogP contribution in [0.5, 0.6) is 11.5 Å². The number of rotatable bonds is 4. The molecule has 1 fully saturated rings. The first-order chi connectivity index (χ1) is 17.4. The van der Waals surface area contributed by atoms with Crippen molar-refractivity contribution in [2.45, 2.75) is 19.5 Å². The average Bonchev–Trinajstić information content (AvgIpc) is 3.45. The number of carbonyl (C=O) groups excluding carboxylic acids is 1. The molecule has 10 nitrogen and oxygen atoms in total. The second-order valence-electron chi connectivity index (χ2n) is 8.95. The number of H-pyrrole nitrogens is 1. The van der Waals surface area contributed by atoms with Gasteiger partial charge in [-0.05, 0) is 31.2 Å². The Morgan fingerprint density at radius 1 is 1.17 bits per heavy atom. The van der Waals surface area contributed by atoms with E-state index in [0.29, 0.717) is 39.8 Å². The predicted molar refractivity (Wildman–Crippen MR) is 136 cm³/mol. The van der Waals surface area contributed by atoms with Crippen LogP contribution in [0.4, 0.5) is 4.79 Å². The van der Waals surface area contributed by atoms with Crippen molar-refractivity contribution in [3.8, 4) is 22.8 Å². The third-order valence-electron chi connectivity index (χ3n) is 6.24. The van der Waals surface area contributed by atoms with Crippen molar-refractivity contribution in [1.29, 1.82) is 0 Å². The van der Waals surface area contributed by atoms with Crippen molar-refractivity contribution < 1.29 is 9.53 Å². The monoisotopic (exact) mass is 502 g/mol. The minimum atomic E-state index is -0.110. The van der Waals surface area contributed by atoms with Crippen molar-refractivity contribution in [1.82, 2.24) is 39.5 Å². The number of nitrogens with zero attached hydrogens (tertiary/aromatic N) is 7. The molecule has 0 bridgehead atoms. The first-order valence-corrected chi connectivity index (χ1v) is 11.9. The number of benzene rings is 2. The fourth-order valence-electron chi connectivity index (χ4n) is 4.31. The van der Waals surface area contributed by atoms with Gasteiger partial charge in [0, 0.05) is 44.9 Å². The lowest BCUT2D eigenvalue weighted by atomic mass is 10.1.